The molecule has 0 heterocycles. The average molecular weight is 177 g/mol. The second-order valence-electron chi connectivity index (χ2n) is 4.23. The van der Waals surface area contributed by atoms with Gasteiger partial charge in [-0.05, 0) is 44.9 Å². The molecule has 0 aromatic heterocycles. The SMILES string of the molecule is CCC(C)(C)Nc1cccc(C)c1. The fourth-order valence-electron chi connectivity index (χ4n) is 1.20. The Balaban J connectivity index is 2.74. The van der Waals surface area contributed by atoms with E-state index in [-0.39, 0.29) is 5.54 Å². The summed E-state index contributed by atoms with van der Waals surface area (Å²) in [6.45, 7) is 8.75. The lowest BCUT2D eigenvalue weighted by molar-refractivity contribution is 0.547. The van der Waals surface area contributed by atoms with Gasteiger partial charge in [-0.1, -0.05) is 19.1 Å². The van der Waals surface area contributed by atoms with Crippen molar-refractivity contribution in [2.75, 3.05) is 5.32 Å². The Morgan fingerprint density at radius 1 is 1.31 bits per heavy atom. The molecule has 0 bridgehead atoms. The predicted molar refractivity (Wildman–Crippen MR) is 59.2 cm³/mol. The molecule has 0 atom stereocenters. The van der Waals surface area contributed by atoms with Gasteiger partial charge in [-0.25, -0.2) is 0 Å². The van der Waals surface area contributed by atoms with E-state index < -0.39 is 0 Å². The van der Waals surface area contributed by atoms with Crippen LogP contribution in [0.1, 0.15) is 32.8 Å². The zero-order valence-electron chi connectivity index (χ0n) is 9.02. The zero-order chi connectivity index (χ0) is 9.90. The lowest BCUT2D eigenvalue weighted by Gasteiger charge is -2.26. The molecule has 1 rings (SSSR count). The van der Waals surface area contributed by atoms with Gasteiger partial charge in [-0.2, -0.15) is 0 Å². The summed E-state index contributed by atoms with van der Waals surface area (Å²) in [5.41, 5.74) is 2.71. The minimum absolute atomic E-state index is 0.188. The van der Waals surface area contributed by atoms with Crippen molar-refractivity contribution in [3.8, 4) is 0 Å². The largest absolute Gasteiger partial charge is 0.380 e. The molecule has 1 nitrogen and oxygen atoms in total. The van der Waals surface area contributed by atoms with Crippen molar-refractivity contribution in [2.45, 2.75) is 39.7 Å². The summed E-state index contributed by atoms with van der Waals surface area (Å²) in [4.78, 5) is 0. The Morgan fingerprint density at radius 2 is 2.00 bits per heavy atom. The molecule has 0 aliphatic carbocycles. The van der Waals surface area contributed by atoms with Crippen LogP contribution in [0, 0.1) is 6.92 Å². The second-order valence-corrected chi connectivity index (χ2v) is 4.23. The van der Waals surface area contributed by atoms with Crippen LogP contribution in [-0.4, -0.2) is 5.54 Å². The van der Waals surface area contributed by atoms with Crippen LogP contribution in [0.4, 0.5) is 5.69 Å². The average Bonchev–Trinajstić information content (AvgIpc) is 2.03. The van der Waals surface area contributed by atoms with Crippen molar-refractivity contribution < 1.29 is 0 Å². The number of aryl methyl sites for hydroxylation is 1. The number of nitrogens with one attached hydrogen (secondary N) is 1. The summed E-state index contributed by atoms with van der Waals surface area (Å²) in [7, 11) is 0. The van der Waals surface area contributed by atoms with Gasteiger partial charge in [0.2, 0.25) is 0 Å². The van der Waals surface area contributed by atoms with E-state index in [4.69, 9.17) is 0 Å². The fourth-order valence-corrected chi connectivity index (χ4v) is 1.20. The first kappa shape index (κ1) is 10.1. The first-order valence-electron chi connectivity index (χ1n) is 4.88. The first-order chi connectivity index (χ1) is 6.03. The van der Waals surface area contributed by atoms with E-state index in [0.717, 1.165) is 6.42 Å². The number of benzene rings is 1. The van der Waals surface area contributed by atoms with Crippen molar-refractivity contribution in [1.29, 1.82) is 0 Å². The van der Waals surface area contributed by atoms with Crippen molar-refractivity contribution in [3.63, 3.8) is 0 Å². The highest BCUT2D eigenvalue weighted by Crippen LogP contribution is 2.18. The van der Waals surface area contributed by atoms with Gasteiger partial charge in [0.1, 0.15) is 0 Å². The van der Waals surface area contributed by atoms with Gasteiger partial charge in [0.05, 0.1) is 0 Å². The summed E-state index contributed by atoms with van der Waals surface area (Å²) in [6, 6.07) is 8.50. The molecule has 0 unspecified atom stereocenters. The third kappa shape index (κ3) is 3.10. The molecule has 0 fully saturated rings. The molecule has 0 saturated heterocycles. The normalized spacial score (nSPS) is 11.4. The van der Waals surface area contributed by atoms with Crippen LogP contribution < -0.4 is 5.32 Å². The van der Waals surface area contributed by atoms with Crippen LogP contribution in [0.15, 0.2) is 24.3 Å². The third-order valence-electron chi connectivity index (χ3n) is 2.38. The third-order valence-corrected chi connectivity index (χ3v) is 2.38. The van der Waals surface area contributed by atoms with E-state index in [1.165, 1.54) is 11.3 Å². The Hall–Kier alpha value is -0.980. The van der Waals surface area contributed by atoms with Gasteiger partial charge in [0.25, 0.3) is 0 Å². The molecular weight excluding hydrogens is 158 g/mol. The van der Waals surface area contributed by atoms with Crippen LogP contribution in [0.5, 0.6) is 0 Å². The summed E-state index contributed by atoms with van der Waals surface area (Å²) in [6.07, 6.45) is 1.13. The second kappa shape index (κ2) is 3.82. The molecule has 0 aliphatic heterocycles. The van der Waals surface area contributed by atoms with Gasteiger partial charge in [-0.15, -0.1) is 0 Å². The maximum atomic E-state index is 3.51. The van der Waals surface area contributed by atoms with Crippen molar-refractivity contribution in [1.82, 2.24) is 0 Å². The molecule has 13 heavy (non-hydrogen) atoms. The van der Waals surface area contributed by atoms with Crippen LogP contribution >= 0.6 is 0 Å². The first-order valence-corrected chi connectivity index (χ1v) is 4.88. The molecule has 1 aromatic carbocycles. The standard InChI is InChI=1S/C12H19N/c1-5-12(3,4)13-11-8-6-7-10(2)9-11/h6-9,13H,5H2,1-4H3. The van der Waals surface area contributed by atoms with Gasteiger partial charge in [-0.3, -0.25) is 0 Å². The maximum Gasteiger partial charge on any atom is 0.0346 e. The highest BCUT2D eigenvalue weighted by Gasteiger charge is 2.13. The van der Waals surface area contributed by atoms with Crippen LogP contribution in [-0.2, 0) is 0 Å². The van der Waals surface area contributed by atoms with E-state index in [1.54, 1.807) is 0 Å². The molecule has 0 radical (unpaired) electrons. The maximum absolute atomic E-state index is 3.51. The van der Waals surface area contributed by atoms with Crippen LogP contribution in [0.25, 0.3) is 0 Å². The van der Waals surface area contributed by atoms with Gasteiger partial charge < -0.3 is 5.32 Å². The highest BCUT2D eigenvalue weighted by atomic mass is 15.0. The van der Waals surface area contributed by atoms with E-state index in [9.17, 15) is 0 Å². The predicted octanol–water partition coefficient (Wildman–Crippen LogP) is 3.60. The van der Waals surface area contributed by atoms with Gasteiger partial charge in [0, 0.05) is 11.2 Å². The minimum Gasteiger partial charge on any atom is -0.380 e. The molecule has 0 spiro atoms. The lowest BCUT2D eigenvalue weighted by Crippen LogP contribution is -2.29. The number of rotatable bonds is 3. The topological polar surface area (TPSA) is 12.0 Å². The Labute approximate surface area is 81.2 Å². The zero-order valence-corrected chi connectivity index (χ0v) is 9.02. The Morgan fingerprint density at radius 3 is 2.54 bits per heavy atom. The van der Waals surface area contributed by atoms with E-state index >= 15 is 0 Å². The van der Waals surface area contributed by atoms with E-state index in [1.807, 2.05) is 0 Å². The molecule has 1 aromatic rings. The van der Waals surface area contributed by atoms with E-state index in [2.05, 4.69) is 57.3 Å². The fraction of sp³-hybridized carbons (Fsp3) is 0.500. The molecule has 0 amide bonds. The molecule has 0 saturated carbocycles. The van der Waals surface area contributed by atoms with Crippen molar-refractivity contribution >= 4 is 5.69 Å². The Kier molecular flexibility index (Phi) is 2.97. The number of hydrogen-bond acceptors (Lipinski definition) is 1. The molecule has 72 valence electrons. The monoisotopic (exact) mass is 177 g/mol. The number of anilines is 1. The van der Waals surface area contributed by atoms with Crippen LogP contribution in [0.3, 0.4) is 0 Å². The minimum atomic E-state index is 0.188. The van der Waals surface area contributed by atoms with E-state index in [0.29, 0.717) is 0 Å². The molecule has 1 heteroatoms. The summed E-state index contributed by atoms with van der Waals surface area (Å²) < 4.78 is 0. The quantitative estimate of drug-likeness (QED) is 0.744. The lowest BCUT2D eigenvalue weighted by atomic mass is 10.0. The molecule has 0 aliphatic rings. The van der Waals surface area contributed by atoms with Gasteiger partial charge >= 0.3 is 0 Å². The summed E-state index contributed by atoms with van der Waals surface area (Å²) >= 11 is 0. The Bertz CT molecular complexity index is 276. The van der Waals surface area contributed by atoms with Crippen molar-refractivity contribution in [3.05, 3.63) is 29.8 Å². The summed E-state index contributed by atoms with van der Waals surface area (Å²) in [5.74, 6) is 0. The smallest absolute Gasteiger partial charge is 0.0346 e. The van der Waals surface area contributed by atoms with Gasteiger partial charge in [0.15, 0.2) is 0 Å². The highest BCUT2D eigenvalue weighted by molar-refractivity contribution is 5.47. The summed E-state index contributed by atoms with van der Waals surface area (Å²) in [5, 5.41) is 3.51. The molecule has 1 N–H and O–H groups in total. The molecular formula is C12H19N. The number of hydrogen-bond donors (Lipinski definition) is 1. The van der Waals surface area contributed by atoms with Crippen molar-refractivity contribution in [2.24, 2.45) is 0 Å². The van der Waals surface area contributed by atoms with Crippen LogP contribution in [0.2, 0.25) is 0 Å².